The van der Waals surface area contributed by atoms with Gasteiger partial charge in [-0.2, -0.15) is 0 Å². The molecule has 1 aromatic heterocycles. The predicted octanol–water partition coefficient (Wildman–Crippen LogP) is 0.588. The average Bonchev–Trinajstić information content (AvgIpc) is 2.70. The molecule has 1 saturated heterocycles. The molecule has 0 spiro atoms. The van der Waals surface area contributed by atoms with Gasteiger partial charge in [-0.15, -0.1) is 24.0 Å². The number of guanidine groups is 1. The second-order valence-corrected chi connectivity index (χ2v) is 6.69. The van der Waals surface area contributed by atoms with Crippen LogP contribution in [0.5, 0.6) is 0 Å². The molecule has 0 saturated carbocycles. The quantitative estimate of drug-likeness (QED) is 0.222. The number of ether oxygens (including phenoxy) is 1. The maximum Gasteiger partial charge on any atom is 0.243 e. The number of carbonyl (C=O) groups excluding carboxylic acids is 1. The van der Waals surface area contributed by atoms with Crippen LogP contribution in [0.15, 0.2) is 29.4 Å². The third-order valence-electron chi connectivity index (χ3n) is 4.32. The molecule has 2 heterocycles. The molecule has 2 rings (SSSR count). The standard InChI is InChI=1S/C19H32N6O2.HI/c1-24(2)18(26)16-23-19(22-10-7-17-6-3-4-8-20-17)21-9-5-11-25-12-14-27-15-13-25;/h3-4,6,8H,5,7,9-16H2,1-2H3,(H2,21,22,23);1H. The fourth-order valence-electron chi connectivity index (χ4n) is 2.65. The molecule has 158 valence electrons. The zero-order valence-corrected chi connectivity index (χ0v) is 19.2. The molecular weight excluding hydrogens is 471 g/mol. The summed E-state index contributed by atoms with van der Waals surface area (Å²) in [6.07, 6.45) is 3.61. The molecule has 1 amide bonds. The van der Waals surface area contributed by atoms with E-state index in [2.05, 4.69) is 25.5 Å². The van der Waals surface area contributed by atoms with Gasteiger partial charge in [0.2, 0.25) is 5.91 Å². The van der Waals surface area contributed by atoms with Crippen LogP contribution >= 0.6 is 24.0 Å². The van der Waals surface area contributed by atoms with Crippen molar-refractivity contribution >= 4 is 35.8 Å². The van der Waals surface area contributed by atoms with Crippen molar-refractivity contribution in [2.24, 2.45) is 4.99 Å². The van der Waals surface area contributed by atoms with E-state index < -0.39 is 0 Å². The molecule has 2 N–H and O–H groups in total. The predicted molar refractivity (Wildman–Crippen MR) is 122 cm³/mol. The zero-order chi connectivity index (χ0) is 19.3. The van der Waals surface area contributed by atoms with Gasteiger partial charge >= 0.3 is 0 Å². The first kappa shape index (κ1) is 24.6. The van der Waals surface area contributed by atoms with Gasteiger partial charge in [0.1, 0.15) is 6.54 Å². The minimum absolute atomic E-state index is 0. The normalized spacial score (nSPS) is 14.9. The van der Waals surface area contributed by atoms with Crippen LogP contribution in [0.2, 0.25) is 0 Å². The number of morpholine rings is 1. The van der Waals surface area contributed by atoms with E-state index in [-0.39, 0.29) is 36.4 Å². The van der Waals surface area contributed by atoms with Crippen molar-refractivity contribution in [1.29, 1.82) is 0 Å². The SMILES string of the molecule is CN(C)C(=O)CN=C(NCCCN1CCOCC1)NCCc1ccccn1.I. The van der Waals surface area contributed by atoms with Crippen molar-refractivity contribution in [3.63, 3.8) is 0 Å². The zero-order valence-electron chi connectivity index (χ0n) is 16.9. The molecule has 0 bridgehead atoms. The minimum atomic E-state index is -0.0193. The number of hydrogen-bond acceptors (Lipinski definition) is 5. The number of likely N-dealkylation sites (N-methyl/N-ethyl adjacent to an activating group) is 1. The summed E-state index contributed by atoms with van der Waals surface area (Å²) in [5, 5.41) is 6.63. The smallest absolute Gasteiger partial charge is 0.243 e. The van der Waals surface area contributed by atoms with Crippen LogP contribution in [0.3, 0.4) is 0 Å². The van der Waals surface area contributed by atoms with Crippen LogP contribution in [-0.2, 0) is 16.0 Å². The third kappa shape index (κ3) is 10.2. The number of pyridine rings is 1. The first-order chi connectivity index (χ1) is 13.1. The summed E-state index contributed by atoms with van der Waals surface area (Å²) in [5.74, 6) is 0.650. The third-order valence-corrected chi connectivity index (χ3v) is 4.32. The van der Waals surface area contributed by atoms with Crippen LogP contribution in [0, 0.1) is 0 Å². The highest BCUT2D eigenvalue weighted by Gasteiger charge is 2.09. The lowest BCUT2D eigenvalue weighted by Gasteiger charge is -2.26. The highest BCUT2D eigenvalue weighted by Crippen LogP contribution is 1.97. The van der Waals surface area contributed by atoms with Gasteiger partial charge < -0.3 is 20.3 Å². The maximum atomic E-state index is 11.8. The lowest BCUT2D eigenvalue weighted by atomic mass is 10.3. The van der Waals surface area contributed by atoms with Gasteiger partial charge in [0.25, 0.3) is 0 Å². The number of aromatic nitrogens is 1. The molecule has 9 heteroatoms. The van der Waals surface area contributed by atoms with E-state index >= 15 is 0 Å². The fourth-order valence-corrected chi connectivity index (χ4v) is 2.65. The number of rotatable bonds is 9. The first-order valence-electron chi connectivity index (χ1n) is 9.57. The first-order valence-corrected chi connectivity index (χ1v) is 9.57. The van der Waals surface area contributed by atoms with E-state index in [0.717, 1.165) is 57.9 Å². The van der Waals surface area contributed by atoms with Crippen LogP contribution in [0.1, 0.15) is 12.1 Å². The summed E-state index contributed by atoms with van der Waals surface area (Å²) in [5.41, 5.74) is 1.03. The van der Waals surface area contributed by atoms with E-state index in [1.807, 2.05) is 18.2 Å². The lowest BCUT2D eigenvalue weighted by Crippen LogP contribution is -2.42. The van der Waals surface area contributed by atoms with Gasteiger partial charge in [0.05, 0.1) is 13.2 Å². The van der Waals surface area contributed by atoms with Crippen LogP contribution in [0.4, 0.5) is 0 Å². The Kier molecular flexibility index (Phi) is 12.8. The molecule has 0 aliphatic carbocycles. The van der Waals surface area contributed by atoms with E-state index in [1.165, 1.54) is 0 Å². The molecule has 0 atom stereocenters. The second kappa shape index (κ2) is 14.5. The molecule has 1 aliphatic heterocycles. The average molecular weight is 504 g/mol. The van der Waals surface area contributed by atoms with Crippen molar-refractivity contribution in [2.45, 2.75) is 12.8 Å². The fraction of sp³-hybridized carbons (Fsp3) is 0.632. The van der Waals surface area contributed by atoms with Crippen molar-refractivity contribution in [3.05, 3.63) is 30.1 Å². The summed E-state index contributed by atoms with van der Waals surface area (Å²) >= 11 is 0. The molecule has 28 heavy (non-hydrogen) atoms. The highest BCUT2D eigenvalue weighted by molar-refractivity contribution is 14.0. The Hall–Kier alpha value is -1.46. The maximum absolute atomic E-state index is 11.8. The molecule has 1 aromatic rings. The van der Waals surface area contributed by atoms with Crippen LogP contribution < -0.4 is 10.6 Å². The number of amides is 1. The Morgan fingerprint density at radius 2 is 2.00 bits per heavy atom. The number of hydrogen-bond donors (Lipinski definition) is 2. The summed E-state index contributed by atoms with van der Waals surface area (Å²) in [7, 11) is 3.48. The number of aliphatic imine (C=N–C) groups is 1. The molecule has 0 radical (unpaired) electrons. The van der Waals surface area contributed by atoms with Gasteiger partial charge in [-0.1, -0.05) is 6.07 Å². The van der Waals surface area contributed by atoms with Gasteiger partial charge in [0, 0.05) is 58.6 Å². The summed E-state index contributed by atoms with van der Waals surface area (Å²) in [4.78, 5) is 24.5. The Bertz CT molecular complexity index is 579. The summed E-state index contributed by atoms with van der Waals surface area (Å²) in [6, 6.07) is 5.90. The summed E-state index contributed by atoms with van der Waals surface area (Å²) < 4.78 is 5.37. The minimum Gasteiger partial charge on any atom is -0.379 e. The number of nitrogens with one attached hydrogen (secondary N) is 2. The monoisotopic (exact) mass is 504 g/mol. The van der Waals surface area contributed by atoms with Gasteiger partial charge in [-0.3, -0.25) is 14.7 Å². The van der Waals surface area contributed by atoms with Gasteiger partial charge in [0.15, 0.2) is 5.96 Å². The van der Waals surface area contributed by atoms with E-state index in [9.17, 15) is 4.79 Å². The Balaban J connectivity index is 0.00000392. The Morgan fingerprint density at radius 3 is 2.68 bits per heavy atom. The number of carbonyl (C=O) groups is 1. The molecular formula is C19H33IN6O2. The largest absolute Gasteiger partial charge is 0.379 e. The highest BCUT2D eigenvalue weighted by atomic mass is 127. The van der Waals surface area contributed by atoms with Crippen LogP contribution in [-0.4, -0.2) is 93.2 Å². The number of nitrogens with zero attached hydrogens (tertiary/aromatic N) is 4. The number of halogens is 1. The van der Waals surface area contributed by atoms with E-state index in [4.69, 9.17) is 4.74 Å². The Labute approximate surface area is 185 Å². The second-order valence-electron chi connectivity index (χ2n) is 6.69. The van der Waals surface area contributed by atoms with E-state index in [0.29, 0.717) is 12.5 Å². The topological polar surface area (TPSA) is 82.1 Å². The summed E-state index contributed by atoms with van der Waals surface area (Å²) in [6.45, 7) is 6.33. The molecule has 0 aromatic carbocycles. The van der Waals surface area contributed by atoms with Crippen molar-refractivity contribution in [3.8, 4) is 0 Å². The molecule has 8 nitrogen and oxygen atoms in total. The molecule has 0 unspecified atom stereocenters. The van der Waals surface area contributed by atoms with Crippen molar-refractivity contribution in [1.82, 2.24) is 25.4 Å². The van der Waals surface area contributed by atoms with E-state index in [1.54, 1.807) is 25.2 Å². The Morgan fingerprint density at radius 1 is 1.25 bits per heavy atom. The molecule has 1 fully saturated rings. The van der Waals surface area contributed by atoms with Crippen molar-refractivity contribution < 1.29 is 9.53 Å². The van der Waals surface area contributed by atoms with Gasteiger partial charge in [-0.25, -0.2) is 4.99 Å². The van der Waals surface area contributed by atoms with Crippen LogP contribution in [0.25, 0.3) is 0 Å². The van der Waals surface area contributed by atoms with Gasteiger partial charge in [-0.05, 0) is 25.1 Å². The van der Waals surface area contributed by atoms with Crippen molar-refractivity contribution in [2.75, 3.05) is 66.6 Å². The molecule has 1 aliphatic rings. The lowest BCUT2D eigenvalue weighted by molar-refractivity contribution is -0.127.